The van der Waals surface area contributed by atoms with Crippen LogP contribution in [0.2, 0.25) is 0 Å². The fourth-order valence-electron chi connectivity index (χ4n) is 2.70. The first-order chi connectivity index (χ1) is 11.9. The number of nitrogens with zero attached hydrogens (tertiary/aromatic N) is 1. The summed E-state index contributed by atoms with van der Waals surface area (Å²) in [7, 11) is 0. The number of carbonyl (C=O) groups excluding carboxylic acids is 1. The highest BCUT2D eigenvalue weighted by Gasteiger charge is 2.32. The number of rotatable bonds is 5. The van der Waals surface area contributed by atoms with Crippen LogP contribution in [0, 0.1) is 5.92 Å². The molecule has 1 atom stereocenters. The molecular weight excluding hydrogens is 335 g/mol. The number of halogens is 3. The predicted octanol–water partition coefficient (Wildman–Crippen LogP) is 4.02. The van der Waals surface area contributed by atoms with E-state index in [1.807, 2.05) is 30.3 Å². The molecule has 1 unspecified atom stereocenters. The predicted molar refractivity (Wildman–Crippen MR) is 85.5 cm³/mol. The molecule has 0 bridgehead atoms. The molecule has 0 spiro atoms. The largest absolute Gasteiger partial charge is 0.573 e. The second kappa shape index (κ2) is 7.04. The van der Waals surface area contributed by atoms with Crippen molar-refractivity contribution in [2.75, 3.05) is 18.1 Å². The second-order valence-electron chi connectivity index (χ2n) is 5.74. The van der Waals surface area contributed by atoms with Crippen LogP contribution in [-0.2, 0) is 4.79 Å². The maximum atomic E-state index is 12.2. The molecule has 1 fully saturated rings. The van der Waals surface area contributed by atoms with E-state index in [1.54, 1.807) is 4.90 Å². The Balaban J connectivity index is 1.59. The van der Waals surface area contributed by atoms with E-state index in [0.717, 1.165) is 5.75 Å². The summed E-state index contributed by atoms with van der Waals surface area (Å²) in [6.45, 7) is 0.868. The fourth-order valence-corrected chi connectivity index (χ4v) is 2.70. The number of anilines is 1. The van der Waals surface area contributed by atoms with E-state index in [1.165, 1.54) is 24.3 Å². The molecular formula is C18H16F3NO3. The third-order valence-corrected chi connectivity index (χ3v) is 3.82. The van der Waals surface area contributed by atoms with Crippen LogP contribution in [0.25, 0.3) is 0 Å². The van der Waals surface area contributed by atoms with Crippen molar-refractivity contribution in [2.24, 2.45) is 5.92 Å². The highest BCUT2D eigenvalue weighted by molar-refractivity contribution is 5.95. The van der Waals surface area contributed by atoms with Crippen LogP contribution < -0.4 is 14.4 Å². The molecule has 132 valence electrons. The normalized spacial score (nSPS) is 17.6. The summed E-state index contributed by atoms with van der Waals surface area (Å²) in [5, 5.41) is 0. The number of para-hydroxylation sites is 1. The van der Waals surface area contributed by atoms with Gasteiger partial charge in [0.15, 0.2) is 0 Å². The number of hydrogen-bond acceptors (Lipinski definition) is 3. The average Bonchev–Trinajstić information content (AvgIpc) is 2.94. The van der Waals surface area contributed by atoms with Gasteiger partial charge in [0.2, 0.25) is 5.91 Å². The molecule has 1 saturated heterocycles. The molecule has 0 aliphatic carbocycles. The minimum Gasteiger partial charge on any atom is -0.493 e. The highest BCUT2D eigenvalue weighted by atomic mass is 19.4. The van der Waals surface area contributed by atoms with Crippen molar-refractivity contribution in [2.45, 2.75) is 12.8 Å². The lowest BCUT2D eigenvalue weighted by atomic mass is 10.1. The van der Waals surface area contributed by atoms with Gasteiger partial charge in [-0.3, -0.25) is 4.79 Å². The Morgan fingerprint density at radius 1 is 1.00 bits per heavy atom. The molecule has 7 heteroatoms. The van der Waals surface area contributed by atoms with Crippen LogP contribution in [0.5, 0.6) is 11.5 Å². The molecule has 25 heavy (non-hydrogen) atoms. The molecule has 2 aromatic carbocycles. The summed E-state index contributed by atoms with van der Waals surface area (Å²) in [6.07, 6.45) is -4.39. The Morgan fingerprint density at radius 2 is 1.68 bits per heavy atom. The number of benzene rings is 2. The van der Waals surface area contributed by atoms with E-state index in [-0.39, 0.29) is 17.6 Å². The summed E-state index contributed by atoms with van der Waals surface area (Å²) in [4.78, 5) is 13.7. The van der Waals surface area contributed by atoms with Gasteiger partial charge in [-0.25, -0.2) is 0 Å². The highest BCUT2D eigenvalue weighted by Crippen LogP contribution is 2.29. The summed E-state index contributed by atoms with van der Waals surface area (Å²) in [5.41, 5.74) is 0.543. The summed E-state index contributed by atoms with van der Waals surface area (Å²) in [6, 6.07) is 14.6. The molecule has 1 aliphatic rings. The minimum absolute atomic E-state index is 0.0267. The molecule has 1 heterocycles. The van der Waals surface area contributed by atoms with Crippen LogP contribution in [-0.4, -0.2) is 25.4 Å². The van der Waals surface area contributed by atoms with E-state index in [9.17, 15) is 18.0 Å². The zero-order valence-electron chi connectivity index (χ0n) is 13.2. The van der Waals surface area contributed by atoms with Crippen LogP contribution in [0.3, 0.4) is 0 Å². The van der Waals surface area contributed by atoms with E-state index in [4.69, 9.17) is 4.74 Å². The van der Waals surface area contributed by atoms with Gasteiger partial charge in [0.05, 0.1) is 6.61 Å². The van der Waals surface area contributed by atoms with Crippen molar-refractivity contribution >= 4 is 11.6 Å². The maximum absolute atomic E-state index is 12.2. The summed E-state index contributed by atoms with van der Waals surface area (Å²) in [5.74, 6) is 0.374. The number of ether oxygens (including phenoxy) is 2. The van der Waals surface area contributed by atoms with E-state index >= 15 is 0 Å². The van der Waals surface area contributed by atoms with Gasteiger partial charge in [-0.1, -0.05) is 18.2 Å². The molecule has 0 N–H and O–H groups in total. The van der Waals surface area contributed by atoms with Crippen LogP contribution in [0.1, 0.15) is 6.42 Å². The monoisotopic (exact) mass is 351 g/mol. The molecule has 1 amide bonds. The summed E-state index contributed by atoms with van der Waals surface area (Å²) >= 11 is 0. The van der Waals surface area contributed by atoms with Gasteiger partial charge < -0.3 is 14.4 Å². The molecule has 0 aromatic heterocycles. The lowest BCUT2D eigenvalue weighted by molar-refractivity contribution is -0.274. The maximum Gasteiger partial charge on any atom is 0.573 e. The number of carbonyl (C=O) groups is 1. The third-order valence-electron chi connectivity index (χ3n) is 3.82. The summed E-state index contributed by atoms with van der Waals surface area (Å²) < 4.78 is 46.0. The molecule has 1 aliphatic heterocycles. The van der Waals surface area contributed by atoms with Crippen molar-refractivity contribution in [1.29, 1.82) is 0 Å². The smallest absolute Gasteiger partial charge is 0.493 e. The SMILES string of the molecule is O=C1CC(COc2ccccc2)CN1c1ccc(OC(F)(F)F)cc1. The average molecular weight is 351 g/mol. The van der Waals surface area contributed by atoms with Crippen LogP contribution in [0.4, 0.5) is 18.9 Å². The van der Waals surface area contributed by atoms with Gasteiger partial charge in [-0.15, -0.1) is 13.2 Å². The minimum atomic E-state index is -4.73. The molecule has 2 aromatic rings. The first kappa shape index (κ1) is 17.1. The van der Waals surface area contributed by atoms with E-state index < -0.39 is 6.36 Å². The topological polar surface area (TPSA) is 38.8 Å². The first-order valence-electron chi connectivity index (χ1n) is 7.75. The van der Waals surface area contributed by atoms with E-state index in [2.05, 4.69) is 4.74 Å². The first-order valence-corrected chi connectivity index (χ1v) is 7.75. The van der Waals surface area contributed by atoms with Gasteiger partial charge in [-0.2, -0.15) is 0 Å². The van der Waals surface area contributed by atoms with Crippen molar-refractivity contribution in [3.63, 3.8) is 0 Å². The quantitative estimate of drug-likeness (QED) is 0.817. The second-order valence-corrected chi connectivity index (χ2v) is 5.74. The van der Waals surface area contributed by atoms with Crippen molar-refractivity contribution < 1.29 is 27.4 Å². The molecule has 4 nitrogen and oxygen atoms in total. The fraction of sp³-hybridized carbons (Fsp3) is 0.278. The van der Waals surface area contributed by atoms with Gasteiger partial charge in [0.1, 0.15) is 11.5 Å². The lowest BCUT2D eigenvalue weighted by Gasteiger charge is -2.18. The third kappa shape index (κ3) is 4.65. The van der Waals surface area contributed by atoms with Gasteiger partial charge in [0.25, 0.3) is 0 Å². The van der Waals surface area contributed by atoms with Crippen molar-refractivity contribution in [1.82, 2.24) is 0 Å². The number of amides is 1. The Bertz CT molecular complexity index is 717. The van der Waals surface area contributed by atoms with Crippen molar-refractivity contribution in [3.05, 3.63) is 54.6 Å². The Labute approximate surface area is 142 Å². The Hall–Kier alpha value is -2.70. The van der Waals surface area contributed by atoms with Crippen LogP contribution in [0.15, 0.2) is 54.6 Å². The lowest BCUT2D eigenvalue weighted by Crippen LogP contribution is -2.25. The number of hydrogen-bond donors (Lipinski definition) is 0. The number of alkyl halides is 3. The Morgan fingerprint density at radius 3 is 2.32 bits per heavy atom. The zero-order valence-corrected chi connectivity index (χ0v) is 13.2. The molecule has 0 saturated carbocycles. The standard InChI is InChI=1S/C18H16F3NO3/c19-18(20,21)25-16-8-6-14(7-9-16)22-11-13(10-17(22)23)12-24-15-4-2-1-3-5-15/h1-9,13H,10-12H2. The van der Waals surface area contributed by atoms with Gasteiger partial charge in [-0.05, 0) is 36.4 Å². The van der Waals surface area contributed by atoms with Gasteiger partial charge in [0, 0.05) is 24.6 Å². The zero-order chi connectivity index (χ0) is 17.9. The van der Waals surface area contributed by atoms with Crippen LogP contribution >= 0.6 is 0 Å². The van der Waals surface area contributed by atoms with E-state index in [0.29, 0.717) is 25.3 Å². The van der Waals surface area contributed by atoms with Gasteiger partial charge >= 0.3 is 6.36 Å². The molecule has 3 rings (SSSR count). The molecule has 0 radical (unpaired) electrons. The van der Waals surface area contributed by atoms with Crippen molar-refractivity contribution in [3.8, 4) is 11.5 Å². The Kier molecular flexibility index (Phi) is 4.83.